The average Bonchev–Trinajstić information content (AvgIpc) is 2.52. The fraction of sp³-hybridized carbons (Fsp3) is 0.556. The summed E-state index contributed by atoms with van der Waals surface area (Å²) in [6, 6.07) is 2.96. The number of methoxy groups -OCH3 is 1. The molecule has 0 bridgehead atoms. The Morgan fingerprint density at radius 2 is 1.72 bits per heavy atom. The second-order valence-electron chi connectivity index (χ2n) is 6.38. The van der Waals surface area contributed by atoms with Crippen molar-refractivity contribution in [2.75, 3.05) is 13.7 Å². The van der Waals surface area contributed by atoms with Crippen LogP contribution in [0.5, 0.6) is 5.75 Å². The van der Waals surface area contributed by atoms with E-state index in [9.17, 15) is 18.4 Å². The highest BCUT2D eigenvalue weighted by molar-refractivity contribution is 5.95. The number of ether oxygens (including phenoxy) is 2. The van der Waals surface area contributed by atoms with Crippen LogP contribution in [-0.2, 0) is 9.53 Å². The van der Waals surface area contributed by atoms with Crippen molar-refractivity contribution in [1.29, 1.82) is 0 Å². The Bertz CT molecular complexity index is 594. The number of esters is 1. The highest BCUT2D eigenvalue weighted by atomic mass is 19.3. The van der Waals surface area contributed by atoms with E-state index in [0.29, 0.717) is 23.1 Å². The maximum Gasteiger partial charge on any atom is 0.387 e. The number of carbonyl (C=O) groups excluding carboxylic acids is 2. The lowest BCUT2D eigenvalue weighted by molar-refractivity contribution is -0.145. The molecule has 5 nitrogen and oxygen atoms in total. The molecule has 0 aliphatic rings. The predicted octanol–water partition coefficient (Wildman–Crippen LogP) is 3.47. The van der Waals surface area contributed by atoms with Crippen molar-refractivity contribution >= 4 is 11.9 Å². The fourth-order valence-corrected chi connectivity index (χ4v) is 2.67. The van der Waals surface area contributed by atoms with Crippen molar-refractivity contribution in [1.82, 2.24) is 5.32 Å². The van der Waals surface area contributed by atoms with E-state index in [2.05, 4.69) is 10.1 Å². The highest BCUT2D eigenvalue weighted by Crippen LogP contribution is 2.26. The van der Waals surface area contributed by atoms with E-state index in [1.165, 1.54) is 19.2 Å². The van der Waals surface area contributed by atoms with E-state index in [1.54, 1.807) is 13.8 Å². The van der Waals surface area contributed by atoms with Gasteiger partial charge in [-0.25, -0.2) is 0 Å². The minimum Gasteiger partial charge on any atom is -0.469 e. The van der Waals surface area contributed by atoms with Crippen LogP contribution in [0.2, 0.25) is 0 Å². The number of amides is 1. The topological polar surface area (TPSA) is 64.6 Å². The van der Waals surface area contributed by atoms with Gasteiger partial charge in [-0.15, -0.1) is 0 Å². The number of nitrogens with one attached hydrogen (secondary N) is 1. The molecule has 25 heavy (non-hydrogen) atoms. The summed E-state index contributed by atoms with van der Waals surface area (Å²) in [5.41, 5.74) is 1.21. The summed E-state index contributed by atoms with van der Waals surface area (Å²) in [7, 11) is 1.31. The van der Waals surface area contributed by atoms with Crippen LogP contribution in [0.25, 0.3) is 0 Å². The zero-order valence-corrected chi connectivity index (χ0v) is 15.2. The third-order valence-corrected chi connectivity index (χ3v) is 3.73. The molecular formula is C18H25F2NO4. The first-order valence-electron chi connectivity index (χ1n) is 8.07. The van der Waals surface area contributed by atoms with Crippen LogP contribution in [-0.4, -0.2) is 32.1 Å². The van der Waals surface area contributed by atoms with Crippen LogP contribution in [0.1, 0.15) is 41.8 Å². The first-order valence-corrected chi connectivity index (χ1v) is 8.07. The van der Waals surface area contributed by atoms with Crippen molar-refractivity contribution in [2.24, 2.45) is 11.8 Å². The second kappa shape index (κ2) is 9.34. The zero-order valence-electron chi connectivity index (χ0n) is 15.2. The molecule has 1 N–H and O–H groups in total. The molecule has 0 spiro atoms. The second-order valence-corrected chi connectivity index (χ2v) is 6.38. The van der Waals surface area contributed by atoms with Gasteiger partial charge in [-0.05, 0) is 49.4 Å². The summed E-state index contributed by atoms with van der Waals surface area (Å²) < 4.78 is 34.1. The lowest BCUT2D eigenvalue weighted by Gasteiger charge is -2.18. The van der Waals surface area contributed by atoms with Gasteiger partial charge >= 0.3 is 12.6 Å². The summed E-state index contributed by atoms with van der Waals surface area (Å²) >= 11 is 0. The van der Waals surface area contributed by atoms with Gasteiger partial charge < -0.3 is 14.8 Å². The van der Waals surface area contributed by atoms with Crippen molar-refractivity contribution in [3.63, 3.8) is 0 Å². The molecule has 0 radical (unpaired) electrons. The van der Waals surface area contributed by atoms with Gasteiger partial charge in [-0.1, -0.05) is 13.8 Å². The van der Waals surface area contributed by atoms with E-state index in [1.807, 2.05) is 13.8 Å². The largest absolute Gasteiger partial charge is 0.469 e. The van der Waals surface area contributed by atoms with Crippen LogP contribution < -0.4 is 10.1 Å². The monoisotopic (exact) mass is 357 g/mol. The van der Waals surface area contributed by atoms with Crippen LogP contribution >= 0.6 is 0 Å². The van der Waals surface area contributed by atoms with Crippen LogP contribution in [0.4, 0.5) is 8.78 Å². The molecule has 1 unspecified atom stereocenters. The van der Waals surface area contributed by atoms with Gasteiger partial charge in [0, 0.05) is 12.1 Å². The van der Waals surface area contributed by atoms with Crippen molar-refractivity contribution < 1.29 is 27.8 Å². The lowest BCUT2D eigenvalue weighted by Crippen LogP contribution is -2.34. The molecular weight excluding hydrogens is 332 g/mol. The van der Waals surface area contributed by atoms with E-state index in [0.717, 1.165) is 0 Å². The molecule has 1 rings (SSSR count). The summed E-state index contributed by atoms with van der Waals surface area (Å²) in [6.07, 6.45) is 0.589. The smallest absolute Gasteiger partial charge is 0.387 e. The maximum atomic E-state index is 12.4. The van der Waals surface area contributed by atoms with E-state index in [-0.39, 0.29) is 30.1 Å². The number of benzene rings is 1. The van der Waals surface area contributed by atoms with Gasteiger partial charge in [0.15, 0.2) is 0 Å². The van der Waals surface area contributed by atoms with Gasteiger partial charge in [-0.3, -0.25) is 9.59 Å². The molecule has 0 heterocycles. The molecule has 1 amide bonds. The Hall–Kier alpha value is -2.18. The normalized spacial score (nSPS) is 12.2. The molecule has 0 fully saturated rings. The molecule has 7 heteroatoms. The Balaban J connectivity index is 2.84. The predicted molar refractivity (Wildman–Crippen MR) is 89.8 cm³/mol. The average molecular weight is 357 g/mol. The van der Waals surface area contributed by atoms with Crippen molar-refractivity contribution in [3.05, 3.63) is 28.8 Å². The minimum atomic E-state index is -2.92. The highest BCUT2D eigenvalue weighted by Gasteiger charge is 2.22. The lowest BCUT2D eigenvalue weighted by atomic mass is 9.97. The number of hydrogen-bond acceptors (Lipinski definition) is 4. The van der Waals surface area contributed by atoms with Crippen LogP contribution in [0, 0.1) is 25.7 Å². The summed E-state index contributed by atoms with van der Waals surface area (Å²) in [6.45, 7) is 4.37. The first-order chi connectivity index (χ1) is 11.6. The van der Waals surface area contributed by atoms with Crippen molar-refractivity contribution in [3.8, 4) is 5.75 Å². The third-order valence-electron chi connectivity index (χ3n) is 3.73. The van der Waals surface area contributed by atoms with Crippen molar-refractivity contribution in [2.45, 2.75) is 40.7 Å². The minimum absolute atomic E-state index is 0.0683. The molecule has 1 aromatic carbocycles. The van der Waals surface area contributed by atoms with Gasteiger partial charge in [0.25, 0.3) is 5.91 Å². The standard InChI is InChI=1S/C18H25F2NO4/c1-10(2)6-14(17(23)24-5)9-21-16(22)13-7-11(3)15(12(4)8-13)25-18(19)20/h7-8,10,14,18H,6,9H2,1-5H3,(H,21,22). The number of carbonyl (C=O) groups is 2. The van der Waals surface area contributed by atoms with E-state index >= 15 is 0 Å². The van der Waals surface area contributed by atoms with Crippen LogP contribution in [0.15, 0.2) is 12.1 Å². The molecule has 0 saturated heterocycles. The summed E-state index contributed by atoms with van der Waals surface area (Å²) in [5.74, 6) is -0.845. The number of halogens is 2. The van der Waals surface area contributed by atoms with Gasteiger partial charge in [-0.2, -0.15) is 8.78 Å². The SMILES string of the molecule is COC(=O)C(CNC(=O)c1cc(C)c(OC(F)F)c(C)c1)CC(C)C. The summed E-state index contributed by atoms with van der Waals surface area (Å²) in [5, 5.41) is 2.71. The number of hydrogen-bond donors (Lipinski definition) is 1. The zero-order chi connectivity index (χ0) is 19.1. The molecule has 140 valence electrons. The third kappa shape index (κ3) is 6.32. The molecule has 0 saturated carbocycles. The number of alkyl halides is 2. The number of aryl methyl sites for hydroxylation is 2. The molecule has 0 aliphatic carbocycles. The van der Waals surface area contributed by atoms with Gasteiger partial charge in [0.05, 0.1) is 13.0 Å². The maximum absolute atomic E-state index is 12.4. The van der Waals surface area contributed by atoms with E-state index in [4.69, 9.17) is 4.74 Å². The fourth-order valence-electron chi connectivity index (χ4n) is 2.67. The van der Waals surface area contributed by atoms with Crippen LogP contribution in [0.3, 0.4) is 0 Å². The van der Waals surface area contributed by atoms with Gasteiger partial charge in [0.1, 0.15) is 5.75 Å². The molecule has 1 aromatic rings. The Morgan fingerprint density at radius 3 is 2.16 bits per heavy atom. The Labute approximate surface area is 146 Å². The molecule has 0 aliphatic heterocycles. The quantitative estimate of drug-likeness (QED) is 0.724. The first kappa shape index (κ1) is 20.9. The Kier molecular flexibility index (Phi) is 7.80. The Morgan fingerprint density at radius 1 is 1.16 bits per heavy atom. The van der Waals surface area contributed by atoms with E-state index < -0.39 is 12.5 Å². The molecule has 0 aromatic heterocycles. The summed E-state index contributed by atoms with van der Waals surface area (Å²) in [4.78, 5) is 24.1. The molecule has 1 atom stereocenters. The number of rotatable bonds is 8. The van der Waals surface area contributed by atoms with Gasteiger partial charge in [0.2, 0.25) is 0 Å².